The Morgan fingerprint density at radius 1 is 1.05 bits per heavy atom. The molecule has 0 N–H and O–H groups in total. The predicted molar refractivity (Wildman–Crippen MR) is 78.6 cm³/mol. The van der Waals surface area contributed by atoms with Gasteiger partial charge in [0.15, 0.2) is 0 Å². The van der Waals surface area contributed by atoms with Crippen LogP contribution in [0.2, 0.25) is 0 Å². The summed E-state index contributed by atoms with van der Waals surface area (Å²) in [5.74, 6) is -0.354. The first-order valence-corrected chi connectivity index (χ1v) is 6.69. The second kappa shape index (κ2) is 10.0. The molecule has 0 saturated heterocycles. The van der Waals surface area contributed by atoms with Gasteiger partial charge >= 0.3 is 0 Å². The van der Waals surface area contributed by atoms with Gasteiger partial charge in [-0.15, -0.1) is 0 Å². The first-order valence-electron chi connectivity index (χ1n) is 6.69. The molecule has 0 aromatic carbocycles. The highest BCUT2D eigenvalue weighted by atomic mass is 19.1. The monoisotopic (exact) mass is 280 g/mol. The molecule has 2 aromatic heterocycles. The SMILES string of the molecule is CC.CC(C)c1ccncc1F.Cc1cccnc1F. The zero-order valence-corrected chi connectivity index (χ0v) is 12.7. The lowest BCUT2D eigenvalue weighted by molar-refractivity contribution is 0.574. The molecule has 0 spiro atoms. The van der Waals surface area contributed by atoms with E-state index in [2.05, 4.69) is 9.97 Å². The second-order valence-corrected chi connectivity index (χ2v) is 4.16. The normalized spacial score (nSPS) is 9.20. The van der Waals surface area contributed by atoms with Crippen LogP contribution in [0.4, 0.5) is 8.78 Å². The minimum atomic E-state index is -0.382. The average molecular weight is 280 g/mol. The van der Waals surface area contributed by atoms with E-state index in [1.807, 2.05) is 27.7 Å². The van der Waals surface area contributed by atoms with Gasteiger partial charge in [0.2, 0.25) is 5.95 Å². The van der Waals surface area contributed by atoms with Crippen LogP contribution in [0.5, 0.6) is 0 Å². The molecule has 2 nitrogen and oxygen atoms in total. The summed E-state index contributed by atoms with van der Waals surface area (Å²) >= 11 is 0. The lowest BCUT2D eigenvalue weighted by Crippen LogP contribution is -1.92. The van der Waals surface area contributed by atoms with E-state index >= 15 is 0 Å². The molecule has 2 aromatic rings. The highest BCUT2D eigenvalue weighted by molar-refractivity contribution is 5.16. The van der Waals surface area contributed by atoms with Crippen LogP contribution in [0.25, 0.3) is 0 Å². The highest BCUT2D eigenvalue weighted by Gasteiger charge is 2.03. The minimum Gasteiger partial charge on any atom is -0.262 e. The summed E-state index contributed by atoms with van der Waals surface area (Å²) in [4.78, 5) is 7.06. The van der Waals surface area contributed by atoms with Gasteiger partial charge in [-0.05, 0) is 30.5 Å². The molecule has 20 heavy (non-hydrogen) atoms. The number of hydrogen-bond acceptors (Lipinski definition) is 2. The maximum absolute atomic E-state index is 12.8. The molecule has 0 amide bonds. The number of rotatable bonds is 1. The third kappa shape index (κ3) is 6.36. The Morgan fingerprint density at radius 2 is 1.70 bits per heavy atom. The first-order chi connectivity index (χ1) is 9.52. The van der Waals surface area contributed by atoms with Crippen molar-refractivity contribution in [1.82, 2.24) is 9.97 Å². The van der Waals surface area contributed by atoms with Gasteiger partial charge in [-0.3, -0.25) is 4.98 Å². The van der Waals surface area contributed by atoms with Crippen molar-refractivity contribution in [2.75, 3.05) is 0 Å². The molecule has 4 heteroatoms. The van der Waals surface area contributed by atoms with Crippen LogP contribution >= 0.6 is 0 Å². The quantitative estimate of drug-likeness (QED) is 0.694. The number of halogens is 2. The fraction of sp³-hybridized carbons (Fsp3) is 0.375. The van der Waals surface area contributed by atoms with Crippen LogP contribution in [-0.4, -0.2) is 9.97 Å². The molecular formula is C16H22F2N2. The Bertz CT molecular complexity index is 478. The van der Waals surface area contributed by atoms with Crippen molar-refractivity contribution in [2.45, 2.75) is 40.5 Å². The molecule has 0 aliphatic carbocycles. The summed E-state index contributed by atoms with van der Waals surface area (Å²) in [5, 5.41) is 0. The van der Waals surface area contributed by atoms with E-state index in [1.54, 1.807) is 31.3 Å². The molecule has 0 aliphatic heterocycles. The van der Waals surface area contributed by atoms with Gasteiger partial charge in [-0.2, -0.15) is 4.39 Å². The smallest absolute Gasteiger partial charge is 0.215 e. The van der Waals surface area contributed by atoms with E-state index in [0.29, 0.717) is 5.56 Å². The van der Waals surface area contributed by atoms with Crippen LogP contribution in [0, 0.1) is 18.7 Å². The lowest BCUT2D eigenvalue weighted by atomic mass is 10.1. The number of aryl methyl sites for hydroxylation is 1. The zero-order chi connectivity index (χ0) is 15.5. The number of pyridine rings is 2. The largest absolute Gasteiger partial charge is 0.262 e. The average Bonchev–Trinajstić information content (AvgIpc) is 2.45. The standard InChI is InChI=1S/C8H10FN.C6H6FN.C2H6/c1-6(2)7-3-4-10-5-8(7)9;1-5-3-2-4-8-6(5)7;1-2/h3-6H,1-2H3;2-4H,1H3;1-2H3. The molecule has 110 valence electrons. The topological polar surface area (TPSA) is 25.8 Å². The summed E-state index contributed by atoms with van der Waals surface area (Å²) in [5.41, 5.74) is 1.32. The summed E-state index contributed by atoms with van der Waals surface area (Å²) < 4.78 is 25.0. The first kappa shape index (κ1) is 18.2. The Hall–Kier alpha value is -1.84. The molecule has 0 atom stereocenters. The van der Waals surface area contributed by atoms with E-state index in [9.17, 15) is 8.78 Å². The summed E-state index contributed by atoms with van der Waals surface area (Å²) in [6, 6.07) is 5.10. The van der Waals surface area contributed by atoms with E-state index < -0.39 is 0 Å². The molecule has 2 heterocycles. The van der Waals surface area contributed by atoms with Gasteiger partial charge < -0.3 is 0 Å². The second-order valence-electron chi connectivity index (χ2n) is 4.16. The van der Waals surface area contributed by atoms with E-state index in [0.717, 1.165) is 5.56 Å². The molecule has 0 fully saturated rings. The number of hydrogen-bond donors (Lipinski definition) is 0. The van der Waals surface area contributed by atoms with Crippen LogP contribution in [0.3, 0.4) is 0 Å². The number of nitrogens with zero attached hydrogens (tertiary/aromatic N) is 2. The highest BCUT2D eigenvalue weighted by Crippen LogP contribution is 2.15. The molecule has 0 aliphatic rings. The molecule has 0 unspecified atom stereocenters. The maximum atomic E-state index is 12.8. The predicted octanol–water partition coefficient (Wildman–Crippen LogP) is 4.90. The van der Waals surface area contributed by atoms with Crippen molar-refractivity contribution in [3.05, 3.63) is 59.7 Å². The van der Waals surface area contributed by atoms with Crippen molar-refractivity contribution >= 4 is 0 Å². The molecule has 0 saturated carbocycles. The lowest BCUT2D eigenvalue weighted by Gasteiger charge is -2.03. The third-order valence-electron chi connectivity index (χ3n) is 2.37. The van der Waals surface area contributed by atoms with Crippen LogP contribution < -0.4 is 0 Å². The fourth-order valence-electron chi connectivity index (χ4n) is 1.32. The summed E-state index contributed by atoms with van der Waals surface area (Å²) in [7, 11) is 0. The van der Waals surface area contributed by atoms with Gasteiger partial charge in [0, 0.05) is 18.0 Å². The summed E-state index contributed by atoms with van der Waals surface area (Å²) in [6.07, 6.45) is 4.29. The fourth-order valence-corrected chi connectivity index (χ4v) is 1.32. The Kier molecular flexibility index (Phi) is 9.09. The van der Waals surface area contributed by atoms with Crippen molar-refractivity contribution in [2.24, 2.45) is 0 Å². The molecule has 2 rings (SSSR count). The van der Waals surface area contributed by atoms with Gasteiger partial charge in [0.1, 0.15) is 5.82 Å². The van der Waals surface area contributed by atoms with Crippen LogP contribution in [0.15, 0.2) is 36.8 Å². The zero-order valence-electron chi connectivity index (χ0n) is 12.7. The van der Waals surface area contributed by atoms with E-state index in [-0.39, 0.29) is 17.7 Å². The Balaban J connectivity index is 0.000000327. The van der Waals surface area contributed by atoms with E-state index in [4.69, 9.17) is 0 Å². The van der Waals surface area contributed by atoms with Crippen molar-refractivity contribution in [3.63, 3.8) is 0 Å². The van der Waals surface area contributed by atoms with Gasteiger partial charge in [-0.1, -0.05) is 33.8 Å². The van der Waals surface area contributed by atoms with Crippen LogP contribution in [-0.2, 0) is 0 Å². The van der Waals surface area contributed by atoms with Gasteiger partial charge in [0.25, 0.3) is 0 Å². The van der Waals surface area contributed by atoms with E-state index in [1.165, 1.54) is 12.4 Å². The minimum absolute atomic E-state index is 0.211. The Morgan fingerprint density at radius 3 is 2.05 bits per heavy atom. The molecule has 0 bridgehead atoms. The third-order valence-corrected chi connectivity index (χ3v) is 2.37. The van der Waals surface area contributed by atoms with Crippen molar-refractivity contribution < 1.29 is 8.78 Å². The Labute approximate surface area is 119 Å². The van der Waals surface area contributed by atoms with Crippen LogP contribution in [0.1, 0.15) is 44.7 Å². The number of aromatic nitrogens is 2. The molecular weight excluding hydrogens is 258 g/mol. The van der Waals surface area contributed by atoms with Gasteiger partial charge in [-0.25, -0.2) is 9.37 Å². The van der Waals surface area contributed by atoms with Crippen molar-refractivity contribution in [3.8, 4) is 0 Å². The summed E-state index contributed by atoms with van der Waals surface area (Å²) in [6.45, 7) is 9.60. The maximum Gasteiger partial charge on any atom is 0.215 e. The van der Waals surface area contributed by atoms with Gasteiger partial charge in [0.05, 0.1) is 6.20 Å². The molecule has 0 radical (unpaired) electrons. The van der Waals surface area contributed by atoms with Crippen molar-refractivity contribution in [1.29, 1.82) is 0 Å².